The smallest absolute Gasteiger partial charge is 0.287 e. The lowest BCUT2D eigenvalue weighted by Crippen LogP contribution is -2.12. The highest BCUT2D eigenvalue weighted by Crippen LogP contribution is 2.19. The molecule has 0 saturated carbocycles. The van der Waals surface area contributed by atoms with E-state index in [4.69, 9.17) is 11.6 Å². The van der Waals surface area contributed by atoms with Gasteiger partial charge in [-0.05, 0) is 17.7 Å². The summed E-state index contributed by atoms with van der Waals surface area (Å²) in [4.78, 5) is 0. The van der Waals surface area contributed by atoms with Crippen LogP contribution in [0.1, 0.15) is 5.56 Å². The molecule has 0 saturated heterocycles. The van der Waals surface area contributed by atoms with Gasteiger partial charge in [0.15, 0.2) is 0 Å². The molecule has 0 aromatic heterocycles. The van der Waals surface area contributed by atoms with E-state index >= 15 is 0 Å². The zero-order valence-electron chi connectivity index (χ0n) is 6.44. The van der Waals surface area contributed by atoms with Crippen molar-refractivity contribution in [3.8, 4) is 0 Å². The van der Waals surface area contributed by atoms with Crippen molar-refractivity contribution in [2.45, 2.75) is 13.0 Å². The van der Waals surface area contributed by atoms with Crippen LogP contribution in [-0.4, -0.2) is 6.36 Å². The van der Waals surface area contributed by atoms with Crippen LogP contribution in [0.25, 0.3) is 0 Å². The fourth-order valence-electron chi connectivity index (χ4n) is 0.792. The molecule has 72 valence electrons. The third-order valence-electron chi connectivity index (χ3n) is 1.29. The molecule has 1 nitrogen and oxygen atoms in total. The number of alkyl halides is 3. The first-order valence-electron chi connectivity index (χ1n) is 3.42. The van der Waals surface area contributed by atoms with E-state index in [9.17, 15) is 13.2 Å². The van der Waals surface area contributed by atoms with E-state index in [0.717, 1.165) is 0 Å². The zero-order chi connectivity index (χ0) is 9.90. The number of halogens is 4. The number of hydrogen-bond donors (Lipinski definition) is 0. The minimum absolute atomic E-state index is 0.392. The average Bonchev–Trinajstić information content (AvgIpc) is 2.00. The first-order valence-corrected chi connectivity index (χ1v) is 3.80. The summed E-state index contributed by atoms with van der Waals surface area (Å²) < 4.78 is 38.4. The molecule has 0 aliphatic carbocycles. The molecule has 1 aromatic carbocycles. The van der Waals surface area contributed by atoms with Gasteiger partial charge >= 0.3 is 6.36 Å². The maximum Gasteiger partial charge on any atom is 0.522 e. The van der Waals surface area contributed by atoms with Crippen LogP contribution in [0.3, 0.4) is 0 Å². The van der Waals surface area contributed by atoms with Crippen LogP contribution in [0.5, 0.6) is 0 Å². The molecule has 5 heteroatoms. The van der Waals surface area contributed by atoms with E-state index in [0.29, 0.717) is 10.6 Å². The molecule has 0 spiro atoms. The Kier molecular flexibility index (Phi) is 3.17. The normalized spacial score (nSPS) is 11.7. The molecule has 13 heavy (non-hydrogen) atoms. The first kappa shape index (κ1) is 10.3. The average molecular weight is 211 g/mol. The van der Waals surface area contributed by atoms with E-state index in [1.165, 1.54) is 12.1 Å². The standard InChI is InChI=1S/C8H6ClF3O/c9-7-3-1-2-6(4-7)5-13-8(10,11)12/h1-4H,5H2. The Hall–Kier alpha value is -0.740. The summed E-state index contributed by atoms with van der Waals surface area (Å²) in [6, 6.07) is 6.08. The largest absolute Gasteiger partial charge is 0.522 e. The van der Waals surface area contributed by atoms with Crippen molar-refractivity contribution in [1.29, 1.82) is 0 Å². The first-order chi connectivity index (χ1) is 5.97. The van der Waals surface area contributed by atoms with E-state index < -0.39 is 13.0 Å². The zero-order valence-corrected chi connectivity index (χ0v) is 7.19. The number of benzene rings is 1. The molecule has 0 aliphatic heterocycles. The summed E-state index contributed by atoms with van der Waals surface area (Å²) in [7, 11) is 0. The highest BCUT2D eigenvalue weighted by atomic mass is 35.5. The number of ether oxygens (including phenoxy) is 1. The molecule has 0 fully saturated rings. The quantitative estimate of drug-likeness (QED) is 0.727. The Morgan fingerprint density at radius 2 is 2.00 bits per heavy atom. The third kappa shape index (κ3) is 4.15. The molecule has 0 radical (unpaired) electrons. The van der Waals surface area contributed by atoms with Crippen LogP contribution in [-0.2, 0) is 11.3 Å². The topological polar surface area (TPSA) is 9.23 Å². The van der Waals surface area contributed by atoms with Gasteiger partial charge in [0.25, 0.3) is 0 Å². The van der Waals surface area contributed by atoms with Crippen LogP contribution in [0.15, 0.2) is 24.3 Å². The molecule has 0 aliphatic rings. The predicted molar refractivity (Wildman–Crippen MR) is 42.3 cm³/mol. The molecule has 0 N–H and O–H groups in total. The second-order valence-electron chi connectivity index (χ2n) is 2.36. The van der Waals surface area contributed by atoms with Gasteiger partial charge in [-0.2, -0.15) is 0 Å². The fourth-order valence-corrected chi connectivity index (χ4v) is 1.00. The van der Waals surface area contributed by atoms with Gasteiger partial charge in [-0.3, -0.25) is 4.74 Å². The van der Waals surface area contributed by atoms with Crippen LogP contribution in [0, 0.1) is 0 Å². The van der Waals surface area contributed by atoms with Crippen LogP contribution in [0.4, 0.5) is 13.2 Å². The molecule has 0 heterocycles. The van der Waals surface area contributed by atoms with Gasteiger partial charge in [-0.15, -0.1) is 13.2 Å². The monoisotopic (exact) mass is 210 g/mol. The summed E-state index contributed by atoms with van der Waals surface area (Å²) in [6.07, 6.45) is -4.59. The molecule has 0 atom stereocenters. The second-order valence-corrected chi connectivity index (χ2v) is 2.80. The van der Waals surface area contributed by atoms with E-state index in [1.54, 1.807) is 12.1 Å². The summed E-state index contributed by atoms with van der Waals surface area (Å²) in [5.74, 6) is 0. The maximum absolute atomic E-state index is 11.6. The number of rotatable bonds is 2. The lowest BCUT2D eigenvalue weighted by molar-refractivity contribution is -0.330. The van der Waals surface area contributed by atoms with Gasteiger partial charge in [-0.1, -0.05) is 23.7 Å². The predicted octanol–water partition coefficient (Wildman–Crippen LogP) is 3.38. The van der Waals surface area contributed by atoms with Crippen molar-refractivity contribution in [3.63, 3.8) is 0 Å². The molecule has 0 bridgehead atoms. The second kappa shape index (κ2) is 3.98. The Bertz CT molecular complexity index is 285. The van der Waals surface area contributed by atoms with Crippen molar-refractivity contribution in [3.05, 3.63) is 34.9 Å². The van der Waals surface area contributed by atoms with Crippen LogP contribution >= 0.6 is 11.6 Å². The lowest BCUT2D eigenvalue weighted by atomic mass is 10.2. The minimum atomic E-state index is -4.59. The van der Waals surface area contributed by atoms with Crippen molar-refractivity contribution < 1.29 is 17.9 Å². The van der Waals surface area contributed by atoms with Crippen molar-refractivity contribution in [1.82, 2.24) is 0 Å². The lowest BCUT2D eigenvalue weighted by Gasteiger charge is -2.06. The van der Waals surface area contributed by atoms with Gasteiger partial charge in [0, 0.05) is 5.02 Å². The molecule has 0 unspecified atom stereocenters. The van der Waals surface area contributed by atoms with E-state index in [2.05, 4.69) is 4.74 Å². The highest BCUT2D eigenvalue weighted by molar-refractivity contribution is 6.30. The van der Waals surface area contributed by atoms with Gasteiger partial charge in [0.05, 0.1) is 6.61 Å². The highest BCUT2D eigenvalue weighted by Gasteiger charge is 2.28. The number of hydrogen-bond acceptors (Lipinski definition) is 1. The van der Waals surface area contributed by atoms with E-state index in [1.807, 2.05) is 0 Å². The van der Waals surface area contributed by atoms with Gasteiger partial charge in [-0.25, -0.2) is 0 Å². The van der Waals surface area contributed by atoms with Gasteiger partial charge in [0.2, 0.25) is 0 Å². The molecular formula is C8H6ClF3O. The summed E-state index contributed by atoms with van der Waals surface area (Å²) in [6.45, 7) is -0.510. The SMILES string of the molecule is FC(F)(F)OCc1cccc(Cl)c1. The molecule has 1 aromatic rings. The fraction of sp³-hybridized carbons (Fsp3) is 0.250. The van der Waals surface area contributed by atoms with Crippen molar-refractivity contribution in [2.75, 3.05) is 0 Å². The van der Waals surface area contributed by atoms with Crippen LogP contribution < -0.4 is 0 Å². The summed E-state index contributed by atoms with van der Waals surface area (Å²) in [5.41, 5.74) is 0.393. The third-order valence-corrected chi connectivity index (χ3v) is 1.53. The maximum atomic E-state index is 11.6. The Morgan fingerprint density at radius 3 is 2.54 bits per heavy atom. The Morgan fingerprint density at radius 1 is 1.31 bits per heavy atom. The van der Waals surface area contributed by atoms with Crippen molar-refractivity contribution >= 4 is 11.6 Å². The van der Waals surface area contributed by atoms with Gasteiger partial charge < -0.3 is 0 Å². The van der Waals surface area contributed by atoms with Gasteiger partial charge in [0.1, 0.15) is 0 Å². The summed E-state index contributed by atoms with van der Waals surface area (Å²) >= 11 is 5.56. The molecule has 0 amide bonds. The molecular weight excluding hydrogens is 205 g/mol. The van der Waals surface area contributed by atoms with E-state index in [-0.39, 0.29) is 0 Å². The minimum Gasteiger partial charge on any atom is -0.287 e. The van der Waals surface area contributed by atoms with Crippen LogP contribution in [0.2, 0.25) is 5.02 Å². The van der Waals surface area contributed by atoms with Crippen molar-refractivity contribution in [2.24, 2.45) is 0 Å². The summed E-state index contributed by atoms with van der Waals surface area (Å²) in [5, 5.41) is 0.392. The Balaban J connectivity index is 2.55. The molecule has 1 rings (SSSR count). The Labute approximate surface area is 78.1 Å².